The van der Waals surface area contributed by atoms with Crippen molar-refractivity contribution >= 4 is 12.0 Å². The molecular weight excluding hydrogens is 226 g/mol. The van der Waals surface area contributed by atoms with E-state index in [-0.39, 0.29) is 5.41 Å². The van der Waals surface area contributed by atoms with E-state index in [0.717, 1.165) is 37.1 Å². The molecule has 1 rings (SSSR count). The van der Waals surface area contributed by atoms with Gasteiger partial charge in [0.05, 0.1) is 7.11 Å². The third-order valence-corrected chi connectivity index (χ3v) is 3.22. The van der Waals surface area contributed by atoms with E-state index >= 15 is 0 Å². The summed E-state index contributed by atoms with van der Waals surface area (Å²) in [5.74, 6) is 0.846. The molecule has 0 N–H and O–H groups in total. The maximum absolute atomic E-state index is 11.2. The summed E-state index contributed by atoms with van der Waals surface area (Å²) in [5.41, 5.74) is 0.823. The van der Waals surface area contributed by atoms with Gasteiger partial charge in [-0.3, -0.25) is 0 Å². The summed E-state index contributed by atoms with van der Waals surface area (Å²) in [4.78, 5) is 13.4. The summed E-state index contributed by atoms with van der Waals surface area (Å²) in [7, 11) is 3.67. The second kappa shape index (κ2) is 6.43. The summed E-state index contributed by atoms with van der Waals surface area (Å²) in [6.07, 6.45) is 3.01. The molecule has 0 bridgehead atoms. The largest absolute Gasteiger partial charge is 0.497 e. The van der Waals surface area contributed by atoms with Crippen LogP contribution in [0.4, 0.5) is 5.69 Å². The highest BCUT2D eigenvalue weighted by Gasteiger charge is 2.24. The molecule has 0 saturated heterocycles. The zero-order valence-electron chi connectivity index (χ0n) is 11.8. The number of nitrogens with zero attached hydrogens (tertiary/aromatic N) is 1. The lowest BCUT2D eigenvalue weighted by atomic mass is 9.87. The number of benzene rings is 1. The molecule has 1 aromatic rings. The average molecular weight is 249 g/mol. The van der Waals surface area contributed by atoms with Crippen molar-refractivity contribution < 1.29 is 9.53 Å². The SMILES string of the molecule is CCCC(C)(C=O)CN(C)c1ccc(OC)cc1. The Hall–Kier alpha value is -1.51. The minimum atomic E-state index is -0.274. The third kappa shape index (κ3) is 3.76. The number of hydrogen-bond donors (Lipinski definition) is 0. The molecular formula is C15H23NO2. The summed E-state index contributed by atoms with van der Waals surface area (Å²) < 4.78 is 5.13. The quantitative estimate of drug-likeness (QED) is 0.695. The van der Waals surface area contributed by atoms with Gasteiger partial charge in [-0.2, -0.15) is 0 Å². The fraction of sp³-hybridized carbons (Fsp3) is 0.533. The van der Waals surface area contributed by atoms with E-state index in [1.807, 2.05) is 38.2 Å². The van der Waals surface area contributed by atoms with Crippen LogP contribution in [-0.2, 0) is 4.79 Å². The Morgan fingerprint density at radius 3 is 2.39 bits per heavy atom. The number of ether oxygens (including phenoxy) is 1. The summed E-state index contributed by atoms with van der Waals surface area (Å²) in [5, 5.41) is 0. The van der Waals surface area contributed by atoms with Crippen LogP contribution in [0.15, 0.2) is 24.3 Å². The molecule has 0 aliphatic rings. The van der Waals surface area contributed by atoms with Gasteiger partial charge in [0, 0.05) is 24.7 Å². The predicted molar refractivity (Wildman–Crippen MR) is 75.3 cm³/mol. The fourth-order valence-corrected chi connectivity index (χ4v) is 2.22. The predicted octanol–water partition coefficient (Wildman–Crippen LogP) is 3.14. The van der Waals surface area contributed by atoms with Crippen LogP contribution in [0.3, 0.4) is 0 Å². The van der Waals surface area contributed by atoms with E-state index in [4.69, 9.17) is 4.74 Å². The summed E-state index contributed by atoms with van der Waals surface area (Å²) in [6, 6.07) is 7.89. The Bertz CT molecular complexity index is 375. The first-order chi connectivity index (χ1) is 8.54. The van der Waals surface area contributed by atoms with Crippen molar-refractivity contribution in [2.24, 2.45) is 5.41 Å². The van der Waals surface area contributed by atoms with Gasteiger partial charge in [-0.25, -0.2) is 0 Å². The summed E-state index contributed by atoms with van der Waals surface area (Å²) in [6.45, 7) is 4.86. The maximum Gasteiger partial charge on any atom is 0.127 e. The molecule has 0 heterocycles. The number of anilines is 1. The fourth-order valence-electron chi connectivity index (χ4n) is 2.22. The molecule has 1 unspecified atom stereocenters. The Morgan fingerprint density at radius 1 is 1.33 bits per heavy atom. The molecule has 1 atom stereocenters. The molecule has 18 heavy (non-hydrogen) atoms. The Balaban J connectivity index is 2.73. The van der Waals surface area contributed by atoms with Gasteiger partial charge in [-0.15, -0.1) is 0 Å². The van der Waals surface area contributed by atoms with Gasteiger partial charge in [0.25, 0.3) is 0 Å². The highest BCUT2D eigenvalue weighted by atomic mass is 16.5. The maximum atomic E-state index is 11.2. The molecule has 0 saturated carbocycles. The molecule has 0 aromatic heterocycles. The highest BCUT2D eigenvalue weighted by molar-refractivity contribution is 5.61. The van der Waals surface area contributed by atoms with Crippen molar-refractivity contribution in [1.29, 1.82) is 0 Å². The monoisotopic (exact) mass is 249 g/mol. The zero-order chi connectivity index (χ0) is 13.6. The van der Waals surface area contributed by atoms with Crippen LogP contribution < -0.4 is 9.64 Å². The highest BCUT2D eigenvalue weighted by Crippen LogP contribution is 2.25. The second-order valence-electron chi connectivity index (χ2n) is 5.08. The number of aldehydes is 1. The molecule has 0 spiro atoms. The lowest BCUT2D eigenvalue weighted by Crippen LogP contribution is -2.34. The van der Waals surface area contributed by atoms with E-state index < -0.39 is 0 Å². The Kier molecular flexibility index (Phi) is 5.20. The molecule has 100 valence electrons. The van der Waals surface area contributed by atoms with Crippen LogP contribution in [0.5, 0.6) is 5.75 Å². The van der Waals surface area contributed by atoms with E-state index in [9.17, 15) is 4.79 Å². The van der Waals surface area contributed by atoms with Gasteiger partial charge in [0.1, 0.15) is 12.0 Å². The van der Waals surface area contributed by atoms with Crippen LogP contribution in [0.2, 0.25) is 0 Å². The Labute approximate surface area is 110 Å². The molecule has 3 nitrogen and oxygen atoms in total. The molecule has 3 heteroatoms. The van der Waals surface area contributed by atoms with Crippen molar-refractivity contribution in [2.75, 3.05) is 25.6 Å². The first-order valence-electron chi connectivity index (χ1n) is 6.36. The lowest BCUT2D eigenvalue weighted by molar-refractivity contribution is -0.115. The van der Waals surface area contributed by atoms with E-state index in [1.54, 1.807) is 7.11 Å². The minimum Gasteiger partial charge on any atom is -0.497 e. The lowest BCUT2D eigenvalue weighted by Gasteiger charge is -2.30. The van der Waals surface area contributed by atoms with Crippen molar-refractivity contribution in [1.82, 2.24) is 0 Å². The molecule has 0 fully saturated rings. The van der Waals surface area contributed by atoms with Gasteiger partial charge in [0.2, 0.25) is 0 Å². The van der Waals surface area contributed by atoms with Crippen LogP contribution in [-0.4, -0.2) is 27.0 Å². The topological polar surface area (TPSA) is 29.5 Å². The number of hydrogen-bond acceptors (Lipinski definition) is 3. The van der Waals surface area contributed by atoms with Gasteiger partial charge < -0.3 is 14.4 Å². The smallest absolute Gasteiger partial charge is 0.127 e. The average Bonchev–Trinajstić information content (AvgIpc) is 2.39. The number of methoxy groups -OCH3 is 1. The minimum absolute atomic E-state index is 0.274. The standard InChI is InChI=1S/C15H23NO2/c1-5-10-15(2,12-17)11-16(3)13-6-8-14(18-4)9-7-13/h6-9,12H,5,10-11H2,1-4H3. The second-order valence-corrected chi connectivity index (χ2v) is 5.08. The molecule has 1 aromatic carbocycles. The third-order valence-electron chi connectivity index (χ3n) is 3.22. The van der Waals surface area contributed by atoms with Gasteiger partial charge >= 0.3 is 0 Å². The summed E-state index contributed by atoms with van der Waals surface area (Å²) >= 11 is 0. The van der Waals surface area contributed by atoms with Gasteiger partial charge in [0.15, 0.2) is 0 Å². The van der Waals surface area contributed by atoms with E-state index in [1.165, 1.54) is 0 Å². The van der Waals surface area contributed by atoms with Crippen LogP contribution >= 0.6 is 0 Å². The normalized spacial score (nSPS) is 13.8. The van der Waals surface area contributed by atoms with Crippen LogP contribution in [0, 0.1) is 5.41 Å². The molecule has 0 aliphatic carbocycles. The number of carbonyl (C=O) groups excluding carboxylic acids is 1. The van der Waals surface area contributed by atoms with Crippen molar-refractivity contribution in [2.45, 2.75) is 26.7 Å². The van der Waals surface area contributed by atoms with Gasteiger partial charge in [-0.1, -0.05) is 20.3 Å². The first kappa shape index (κ1) is 14.6. The van der Waals surface area contributed by atoms with Crippen LogP contribution in [0.25, 0.3) is 0 Å². The Morgan fingerprint density at radius 2 is 1.94 bits per heavy atom. The molecule has 0 aliphatic heterocycles. The van der Waals surface area contributed by atoms with Gasteiger partial charge in [-0.05, 0) is 30.7 Å². The molecule has 0 radical (unpaired) electrons. The van der Waals surface area contributed by atoms with Crippen LogP contribution in [0.1, 0.15) is 26.7 Å². The zero-order valence-corrected chi connectivity index (χ0v) is 11.8. The number of rotatable bonds is 7. The van der Waals surface area contributed by atoms with E-state index in [0.29, 0.717) is 0 Å². The van der Waals surface area contributed by atoms with Crippen molar-refractivity contribution in [3.8, 4) is 5.75 Å². The van der Waals surface area contributed by atoms with E-state index in [2.05, 4.69) is 11.8 Å². The van der Waals surface area contributed by atoms with Crippen molar-refractivity contribution in [3.63, 3.8) is 0 Å². The van der Waals surface area contributed by atoms with Crippen molar-refractivity contribution in [3.05, 3.63) is 24.3 Å². The molecule has 0 amide bonds. The number of carbonyl (C=O) groups is 1. The first-order valence-corrected chi connectivity index (χ1v) is 6.36.